The number of hydrogen-bond acceptors (Lipinski definition) is 5. The molecule has 2 heterocycles. The van der Waals surface area contributed by atoms with E-state index in [0.717, 1.165) is 0 Å². The SMILES string of the molecule is CNCc1cc(S(=O)(=O)NC2(C)CCOC2)c(C)o1. The summed E-state index contributed by atoms with van der Waals surface area (Å²) in [6, 6.07) is 1.56. The van der Waals surface area contributed by atoms with Crippen molar-refractivity contribution in [2.24, 2.45) is 0 Å². The summed E-state index contributed by atoms with van der Waals surface area (Å²) in [5, 5.41) is 2.93. The Kier molecular flexibility index (Phi) is 4.00. The molecule has 6 nitrogen and oxygen atoms in total. The average Bonchev–Trinajstić information content (AvgIpc) is 2.85. The highest BCUT2D eigenvalue weighted by Crippen LogP contribution is 2.24. The van der Waals surface area contributed by atoms with Crippen LogP contribution in [0.4, 0.5) is 0 Å². The third-order valence-corrected chi connectivity index (χ3v) is 4.91. The molecule has 0 saturated carbocycles. The van der Waals surface area contributed by atoms with Gasteiger partial charge in [0.05, 0.1) is 18.7 Å². The fourth-order valence-electron chi connectivity index (χ4n) is 2.18. The number of furan rings is 1. The van der Waals surface area contributed by atoms with E-state index in [0.29, 0.717) is 37.7 Å². The predicted molar refractivity (Wildman–Crippen MR) is 70.4 cm³/mol. The molecule has 0 radical (unpaired) electrons. The van der Waals surface area contributed by atoms with Gasteiger partial charge in [-0.25, -0.2) is 13.1 Å². The van der Waals surface area contributed by atoms with Crippen LogP contribution >= 0.6 is 0 Å². The Balaban J connectivity index is 2.24. The van der Waals surface area contributed by atoms with E-state index >= 15 is 0 Å². The molecule has 0 aliphatic carbocycles. The number of hydrogen-bond donors (Lipinski definition) is 2. The van der Waals surface area contributed by atoms with E-state index < -0.39 is 15.6 Å². The van der Waals surface area contributed by atoms with E-state index in [1.807, 2.05) is 6.92 Å². The van der Waals surface area contributed by atoms with Gasteiger partial charge in [-0.15, -0.1) is 0 Å². The minimum Gasteiger partial charge on any atom is -0.464 e. The van der Waals surface area contributed by atoms with Crippen molar-refractivity contribution in [2.45, 2.75) is 37.2 Å². The van der Waals surface area contributed by atoms with Crippen LogP contribution in [0.25, 0.3) is 0 Å². The number of sulfonamides is 1. The summed E-state index contributed by atoms with van der Waals surface area (Å²) in [4.78, 5) is 0.200. The molecule has 2 rings (SSSR count). The van der Waals surface area contributed by atoms with Gasteiger partial charge in [-0.05, 0) is 27.3 Å². The Morgan fingerprint density at radius 3 is 2.79 bits per heavy atom. The second kappa shape index (κ2) is 5.24. The molecule has 1 atom stereocenters. The van der Waals surface area contributed by atoms with Crippen LogP contribution in [0.5, 0.6) is 0 Å². The molecule has 2 N–H and O–H groups in total. The molecule has 1 aliphatic rings. The summed E-state index contributed by atoms with van der Waals surface area (Å²) >= 11 is 0. The number of rotatable bonds is 5. The van der Waals surface area contributed by atoms with Crippen molar-refractivity contribution < 1.29 is 17.6 Å². The number of ether oxygens (including phenoxy) is 1. The van der Waals surface area contributed by atoms with Crippen LogP contribution in [-0.2, 0) is 21.3 Å². The maximum Gasteiger partial charge on any atom is 0.244 e. The van der Waals surface area contributed by atoms with Crippen LogP contribution in [0.2, 0.25) is 0 Å². The predicted octanol–water partition coefficient (Wildman–Crippen LogP) is 0.765. The summed E-state index contributed by atoms with van der Waals surface area (Å²) in [5.41, 5.74) is -0.536. The average molecular weight is 288 g/mol. The first-order chi connectivity index (χ1) is 8.86. The molecule has 0 spiro atoms. The molecule has 1 saturated heterocycles. The molecular weight excluding hydrogens is 268 g/mol. The van der Waals surface area contributed by atoms with Gasteiger partial charge in [0.2, 0.25) is 10.0 Å². The van der Waals surface area contributed by atoms with Gasteiger partial charge in [0.15, 0.2) is 0 Å². The topological polar surface area (TPSA) is 80.6 Å². The molecule has 1 aromatic rings. The Morgan fingerprint density at radius 1 is 1.47 bits per heavy atom. The smallest absolute Gasteiger partial charge is 0.244 e. The number of aryl methyl sites for hydroxylation is 1. The molecule has 1 unspecified atom stereocenters. The fraction of sp³-hybridized carbons (Fsp3) is 0.667. The zero-order chi connectivity index (χ0) is 14.1. The standard InChI is InChI=1S/C12H20N2O4S/c1-9-11(6-10(18-9)7-13-3)19(15,16)14-12(2)4-5-17-8-12/h6,13-14H,4-5,7-8H2,1-3H3. The molecule has 1 fully saturated rings. The minimum absolute atomic E-state index is 0.200. The van der Waals surface area contributed by atoms with Gasteiger partial charge in [0, 0.05) is 12.7 Å². The molecular formula is C12H20N2O4S. The lowest BCUT2D eigenvalue weighted by Crippen LogP contribution is -2.46. The van der Waals surface area contributed by atoms with E-state index in [4.69, 9.17) is 9.15 Å². The van der Waals surface area contributed by atoms with Crippen molar-refractivity contribution in [3.05, 3.63) is 17.6 Å². The maximum atomic E-state index is 12.4. The van der Waals surface area contributed by atoms with E-state index in [2.05, 4.69) is 10.0 Å². The fourth-order valence-corrected chi connectivity index (χ4v) is 3.81. The molecule has 1 aromatic heterocycles. The van der Waals surface area contributed by atoms with Crippen molar-refractivity contribution in [3.63, 3.8) is 0 Å². The summed E-state index contributed by atoms with van der Waals surface area (Å²) in [7, 11) is -1.80. The van der Waals surface area contributed by atoms with Crippen molar-refractivity contribution in [1.29, 1.82) is 0 Å². The van der Waals surface area contributed by atoms with Gasteiger partial charge in [-0.3, -0.25) is 0 Å². The monoisotopic (exact) mass is 288 g/mol. The quantitative estimate of drug-likeness (QED) is 0.836. The second-order valence-corrected chi connectivity index (χ2v) is 6.78. The highest BCUT2D eigenvalue weighted by Gasteiger charge is 2.35. The summed E-state index contributed by atoms with van der Waals surface area (Å²) in [6.07, 6.45) is 0.673. The highest BCUT2D eigenvalue weighted by molar-refractivity contribution is 7.89. The van der Waals surface area contributed by atoms with Gasteiger partial charge < -0.3 is 14.5 Å². The summed E-state index contributed by atoms with van der Waals surface area (Å²) in [6.45, 7) is 4.97. The molecule has 0 amide bonds. The lowest BCUT2D eigenvalue weighted by molar-refractivity contribution is 0.178. The lowest BCUT2D eigenvalue weighted by Gasteiger charge is -2.22. The Labute approximate surface area is 113 Å². The van der Waals surface area contributed by atoms with Crippen LogP contribution in [-0.4, -0.2) is 34.2 Å². The van der Waals surface area contributed by atoms with E-state index in [1.165, 1.54) is 0 Å². The van der Waals surface area contributed by atoms with Gasteiger partial charge >= 0.3 is 0 Å². The first kappa shape index (κ1) is 14.5. The van der Waals surface area contributed by atoms with Crippen molar-refractivity contribution in [1.82, 2.24) is 10.0 Å². The Hall–Kier alpha value is -0.890. The minimum atomic E-state index is -3.58. The summed E-state index contributed by atoms with van der Waals surface area (Å²) < 4.78 is 38.2. The third kappa shape index (κ3) is 3.17. The largest absolute Gasteiger partial charge is 0.464 e. The highest BCUT2D eigenvalue weighted by atomic mass is 32.2. The molecule has 0 bridgehead atoms. The van der Waals surface area contributed by atoms with E-state index in [9.17, 15) is 8.42 Å². The number of nitrogens with one attached hydrogen (secondary N) is 2. The molecule has 7 heteroatoms. The van der Waals surface area contributed by atoms with Gasteiger partial charge in [0.1, 0.15) is 16.4 Å². The van der Waals surface area contributed by atoms with Crippen LogP contribution in [0.3, 0.4) is 0 Å². The van der Waals surface area contributed by atoms with Gasteiger partial charge in [0.25, 0.3) is 0 Å². The zero-order valence-corrected chi connectivity index (χ0v) is 12.3. The first-order valence-corrected chi connectivity index (χ1v) is 7.70. The van der Waals surface area contributed by atoms with Gasteiger partial charge in [-0.1, -0.05) is 0 Å². The first-order valence-electron chi connectivity index (χ1n) is 6.22. The van der Waals surface area contributed by atoms with Crippen molar-refractivity contribution in [2.75, 3.05) is 20.3 Å². The Morgan fingerprint density at radius 2 is 2.21 bits per heavy atom. The van der Waals surface area contributed by atoms with Gasteiger partial charge in [-0.2, -0.15) is 0 Å². The molecule has 0 aromatic carbocycles. The van der Waals surface area contributed by atoms with Crippen LogP contribution in [0.15, 0.2) is 15.4 Å². The van der Waals surface area contributed by atoms with Crippen LogP contribution < -0.4 is 10.0 Å². The van der Waals surface area contributed by atoms with Crippen LogP contribution in [0.1, 0.15) is 24.9 Å². The maximum absolute atomic E-state index is 12.4. The van der Waals surface area contributed by atoms with Crippen molar-refractivity contribution >= 4 is 10.0 Å². The zero-order valence-electron chi connectivity index (χ0n) is 11.4. The van der Waals surface area contributed by atoms with E-state index in [-0.39, 0.29) is 4.90 Å². The molecule has 108 valence electrons. The summed E-state index contributed by atoms with van der Waals surface area (Å²) in [5.74, 6) is 1.01. The normalized spacial score (nSPS) is 23.9. The van der Waals surface area contributed by atoms with Crippen molar-refractivity contribution in [3.8, 4) is 0 Å². The third-order valence-electron chi connectivity index (χ3n) is 3.16. The molecule has 19 heavy (non-hydrogen) atoms. The van der Waals surface area contributed by atoms with E-state index in [1.54, 1.807) is 20.0 Å². The second-order valence-electron chi connectivity index (χ2n) is 5.13. The Bertz CT molecular complexity index is 544. The molecule has 1 aliphatic heterocycles. The lowest BCUT2D eigenvalue weighted by atomic mass is 10.0. The van der Waals surface area contributed by atoms with Crippen LogP contribution in [0, 0.1) is 6.92 Å².